The van der Waals surface area contributed by atoms with E-state index in [1.54, 1.807) is 24.3 Å². The lowest BCUT2D eigenvalue weighted by Crippen LogP contribution is -1.94. The summed E-state index contributed by atoms with van der Waals surface area (Å²) < 4.78 is 0. The second-order valence-corrected chi connectivity index (χ2v) is 6.10. The predicted molar refractivity (Wildman–Crippen MR) is 108 cm³/mol. The molecule has 26 heavy (non-hydrogen) atoms. The Hall–Kier alpha value is -3.39. The lowest BCUT2D eigenvalue weighted by Gasteiger charge is -2.06. The van der Waals surface area contributed by atoms with Crippen LogP contribution in [0.3, 0.4) is 0 Å². The zero-order valence-electron chi connectivity index (χ0n) is 14.6. The summed E-state index contributed by atoms with van der Waals surface area (Å²) in [5.41, 5.74) is 6.06. The summed E-state index contributed by atoms with van der Waals surface area (Å²) in [6.45, 7) is 2.09. The number of hydrogen-bond donors (Lipinski definition) is 1. The van der Waals surface area contributed by atoms with E-state index in [1.807, 2.05) is 30.4 Å². The van der Waals surface area contributed by atoms with Crippen molar-refractivity contribution in [3.05, 3.63) is 107 Å². The van der Waals surface area contributed by atoms with Crippen molar-refractivity contribution in [3.63, 3.8) is 0 Å². The molecular formula is C24H20O2. The van der Waals surface area contributed by atoms with E-state index in [9.17, 15) is 4.79 Å². The molecule has 128 valence electrons. The molecule has 0 saturated carbocycles. The van der Waals surface area contributed by atoms with E-state index in [2.05, 4.69) is 49.4 Å². The molecule has 0 aromatic heterocycles. The molecule has 0 bridgehead atoms. The molecule has 0 amide bonds. The number of hydrogen-bond acceptors (Lipinski definition) is 1. The summed E-state index contributed by atoms with van der Waals surface area (Å²) in [5, 5.41) is 8.92. The van der Waals surface area contributed by atoms with Crippen molar-refractivity contribution >= 4 is 18.1 Å². The Morgan fingerprint density at radius 3 is 2.15 bits per heavy atom. The van der Waals surface area contributed by atoms with Gasteiger partial charge in [0.25, 0.3) is 0 Å². The number of benzene rings is 3. The standard InChI is InChI=1S/C24H20O2/c1-18-10-14-21(15-11-18)23-9-5-4-8-20(23)7-3-2-6-19-12-16-22(17-13-19)24(25)26/h2-17H,1H3,(H,25,26)/b6-2+,7-3+. The number of aryl methyl sites for hydroxylation is 1. The summed E-state index contributed by atoms with van der Waals surface area (Å²) in [7, 11) is 0. The van der Waals surface area contributed by atoms with E-state index in [-0.39, 0.29) is 0 Å². The van der Waals surface area contributed by atoms with Crippen LogP contribution in [0.4, 0.5) is 0 Å². The SMILES string of the molecule is Cc1ccc(-c2ccccc2/C=C/C=C/c2ccc(C(=O)O)cc2)cc1. The first-order valence-corrected chi connectivity index (χ1v) is 8.48. The Bertz CT molecular complexity index is 946. The van der Waals surface area contributed by atoms with E-state index in [0.717, 1.165) is 11.1 Å². The summed E-state index contributed by atoms with van der Waals surface area (Å²) in [5.74, 6) is -0.909. The monoisotopic (exact) mass is 340 g/mol. The summed E-state index contributed by atoms with van der Waals surface area (Å²) >= 11 is 0. The van der Waals surface area contributed by atoms with Gasteiger partial charge < -0.3 is 5.11 Å². The lowest BCUT2D eigenvalue weighted by atomic mass is 9.98. The third kappa shape index (κ3) is 4.37. The van der Waals surface area contributed by atoms with Crippen LogP contribution in [0.2, 0.25) is 0 Å². The average molecular weight is 340 g/mol. The normalized spacial score (nSPS) is 11.3. The van der Waals surface area contributed by atoms with Gasteiger partial charge in [0, 0.05) is 0 Å². The van der Waals surface area contributed by atoms with Crippen molar-refractivity contribution in [1.82, 2.24) is 0 Å². The first kappa shape index (κ1) is 17.4. The van der Waals surface area contributed by atoms with E-state index in [0.29, 0.717) is 5.56 Å². The molecule has 3 rings (SSSR count). The predicted octanol–water partition coefficient (Wildman–Crippen LogP) is 6.09. The van der Waals surface area contributed by atoms with E-state index >= 15 is 0 Å². The number of aromatic carboxylic acids is 1. The first-order valence-electron chi connectivity index (χ1n) is 8.48. The zero-order chi connectivity index (χ0) is 18.4. The van der Waals surface area contributed by atoms with Gasteiger partial charge in [-0.25, -0.2) is 4.79 Å². The smallest absolute Gasteiger partial charge is 0.335 e. The average Bonchev–Trinajstić information content (AvgIpc) is 2.67. The van der Waals surface area contributed by atoms with Gasteiger partial charge in [0.1, 0.15) is 0 Å². The molecule has 1 N–H and O–H groups in total. The topological polar surface area (TPSA) is 37.3 Å². The molecule has 2 heteroatoms. The van der Waals surface area contributed by atoms with Gasteiger partial charge in [-0.3, -0.25) is 0 Å². The van der Waals surface area contributed by atoms with Crippen molar-refractivity contribution in [2.45, 2.75) is 6.92 Å². The van der Waals surface area contributed by atoms with Gasteiger partial charge in [0.15, 0.2) is 0 Å². The van der Waals surface area contributed by atoms with Gasteiger partial charge in [0.05, 0.1) is 5.56 Å². The van der Waals surface area contributed by atoms with Crippen molar-refractivity contribution < 1.29 is 9.90 Å². The summed E-state index contributed by atoms with van der Waals surface area (Å²) in [4.78, 5) is 10.9. The second kappa shape index (κ2) is 8.13. The molecule has 0 radical (unpaired) electrons. The molecular weight excluding hydrogens is 320 g/mol. The molecule has 0 spiro atoms. The van der Waals surface area contributed by atoms with Crippen LogP contribution in [0.25, 0.3) is 23.3 Å². The summed E-state index contributed by atoms with van der Waals surface area (Å²) in [6, 6.07) is 23.6. The minimum atomic E-state index is -0.909. The quantitative estimate of drug-likeness (QED) is 0.571. The number of carbonyl (C=O) groups is 1. The molecule has 2 nitrogen and oxygen atoms in total. The van der Waals surface area contributed by atoms with Crippen LogP contribution in [0.1, 0.15) is 27.0 Å². The Labute approximate surface area is 153 Å². The number of carboxylic acid groups (broad SMARTS) is 1. The molecule has 0 saturated heterocycles. The van der Waals surface area contributed by atoms with Gasteiger partial charge in [-0.1, -0.05) is 90.5 Å². The van der Waals surface area contributed by atoms with Crippen LogP contribution in [0, 0.1) is 6.92 Å². The Kier molecular flexibility index (Phi) is 5.45. The van der Waals surface area contributed by atoms with Crippen molar-refractivity contribution in [1.29, 1.82) is 0 Å². The number of rotatable bonds is 5. The van der Waals surface area contributed by atoms with Gasteiger partial charge in [-0.2, -0.15) is 0 Å². The highest BCUT2D eigenvalue weighted by atomic mass is 16.4. The van der Waals surface area contributed by atoms with E-state index in [4.69, 9.17) is 5.11 Å². The second-order valence-electron chi connectivity index (χ2n) is 6.10. The maximum Gasteiger partial charge on any atom is 0.335 e. The van der Waals surface area contributed by atoms with Crippen LogP contribution in [-0.2, 0) is 0 Å². The Balaban J connectivity index is 1.76. The molecule has 3 aromatic rings. The molecule has 0 heterocycles. The highest BCUT2D eigenvalue weighted by Gasteiger charge is 2.01. The van der Waals surface area contributed by atoms with Crippen LogP contribution >= 0.6 is 0 Å². The lowest BCUT2D eigenvalue weighted by molar-refractivity contribution is 0.0697. The maximum atomic E-state index is 10.9. The highest BCUT2D eigenvalue weighted by molar-refractivity contribution is 5.87. The highest BCUT2D eigenvalue weighted by Crippen LogP contribution is 2.25. The van der Waals surface area contributed by atoms with Crippen LogP contribution < -0.4 is 0 Å². The fraction of sp³-hybridized carbons (Fsp3) is 0.0417. The van der Waals surface area contributed by atoms with Crippen molar-refractivity contribution in [2.24, 2.45) is 0 Å². The Morgan fingerprint density at radius 2 is 1.46 bits per heavy atom. The number of allylic oxidation sites excluding steroid dienone is 2. The third-order valence-electron chi connectivity index (χ3n) is 4.16. The van der Waals surface area contributed by atoms with Gasteiger partial charge in [-0.05, 0) is 41.3 Å². The van der Waals surface area contributed by atoms with E-state index < -0.39 is 5.97 Å². The molecule has 0 fully saturated rings. The van der Waals surface area contributed by atoms with Crippen molar-refractivity contribution in [2.75, 3.05) is 0 Å². The fourth-order valence-corrected chi connectivity index (χ4v) is 2.70. The molecule has 0 aliphatic carbocycles. The van der Waals surface area contributed by atoms with Crippen LogP contribution in [-0.4, -0.2) is 11.1 Å². The molecule has 3 aromatic carbocycles. The minimum Gasteiger partial charge on any atom is -0.478 e. The largest absolute Gasteiger partial charge is 0.478 e. The van der Waals surface area contributed by atoms with Crippen molar-refractivity contribution in [3.8, 4) is 11.1 Å². The van der Waals surface area contributed by atoms with Gasteiger partial charge in [0.2, 0.25) is 0 Å². The summed E-state index contributed by atoms with van der Waals surface area (Å²) in [6.07, 6.45) is 7.99. The maximum absolute atomic E-state index is 10.9. The van der Waals surface area contributed by atoms with Crippen LogP contribution in [0.15, 0.2) is 84.9 Å². The molecule has 0 aliphatic heterocycles. The Morgan fingerprint density at radius 1 is 0.808 bits per heavy atom. The first-order chi connectivity index (χ1) is 12.6. The van der Waals surface area contributed by atoms with Crippen LogP contribution in [0.5, 0.6) is 0 Å². The third-order valence-corrected chi connectivity index (χ3v) is 4.16. The zero-order valence-corrected chi connectivity index (χ0v) is 14.6. The number of carboxylic acids is 1. The molecule has 0 atom stereocenters. The van der Waals surface area contributed by atoms with Gasteiger partial charge >= 0.3 is 5.97 Å². The fourth-order valence-electron chi connectivity index (χ4n) is 2.70. The van der Waals surface area contributed by atoms with E-state index in [1.165, 1.54) is 16.7 Å². The molecule has 0 aliphatic rings. The molecule has 0 unspecified atom stereocenters. The minimum absolute atomic E-state index is 0.296. The van der Waals surface area contributed by atoms with Gasteiger partial charge in [-0.15, -0.1) is 0 Å².